The third-order valence-corrected chi connectivity index (χ3v) is 13.3. The summed E-state index contributed by atoms with van der Waals surface area (Å²) in [6.07, 6.45) is 79.3. The van der Waals surface area contributed by atoms with Crippen molar-refractivity contribution in [2.45, 2.75) is 315 Å². The van der Waals surface area contributed by atoms with E-state index in [0.29, 0.717) is 12.8 Å². The van der Waals surface area contributed by atoms with Gasteiger partial charge in [-0.15, -0.1) is 0 Å². The molecule has 1 amide bonds. The maximum atomic E-state index is 12.5. The van der Waals surface area contributed by atoms with Gasteiger partial charge in [-0.1, -0.05) is 299 Å². The number of aliphatic hydroxyl groups is 2. The monoisotopic (exact) mass is 908 g/mol. The maximum absolute atomic E-state index is 12.5. The number of carbonyl (C=O) groups is 1. The molecule has 0 spiro atoms. The van der Waals surface area contributed by atoms with Gasteiger partial charge in [0, 0.05) is 6.42 Å². The van der Waals surface area contributed by atoms with Gasteiger partial charge >= 0.3 is 0 Å². The van der Waals surface area contributed by atoms with Crippen molar-refractivity contribution in [1.82, 2.24) is 5.32 Å². The van der Waals surface area contributed by atoms with Gasteiger partial charge in [0.15, 0.2) is 0 Å². The largest absolute Gasteiger partial charge is 0.394 e. The van der Waals surface area contributed by atoms with Crippen LogP contribution in [0.5, 0.6) is 0 Å². The Balaban J connectivity index is 3.47. The van der Waals surface area contributed by atoms with Crippen LogP contribution in [0.15, 0.2) is 60.8 Å². The molecule has 0 aromatic heterocycles. The van der Waals surface area contributed by atoms with Crippen LogP contribution >= 0.6 is 0 Å². The van der Waals surface area contributed by atoms with Crippen LogP contribution in [0.25, 0.3) is 0 Å². The molecule has 0 aromatic carbocycles. The van der Waals surface area contributed by atoms with Gasteiger partial charge < -0.3 is 15.5 Å². The van der Waals surface area contributed by atoms with Crippen molar-refractivity contribution in [3.05, 3.63) is 60.8 Å². The molecular weight excluding hydrogens is 795 g/mol. The molecule has 0 saturated heterocycles. The van der Waals surface area contributed by atoms with Crippen molar-refractivity contribution in [3.63, 3.8) is 0 Å². The topological polar surface area (TPSA) is 69.6 Å². The maximum Gasteiger partial charge on any atom is 0.220 e. The molecule has 0 aliphatic carbocycles. The zero-order valence-electron chi connectivity index (χ0n) is 43.8. The second-order valence-electron chi connectivity index (χ2n) is 19.7. The van der Waals surface area contributed by atoms with Crippen LogP contribution < -0.4 is 5.32 Å². The van der Waals surface area contributed by atoms with Gasteiger partial charge in [0.1, 0.15) is 0 Å². The summed E-state index contributed by atoms with van der Waals surface area (Å²) in [7, 11) is 0. The van der Waals surface area contributed by atoms with E-state index in [1.54, 1.807) is 0 Å². The Morgan fingerprint density at radius 3 is 1.02 bits per heavy atom. The van der Waals surface area contributed by atoms with Crippen molar-refractivity contribution in [2.24, 2.45) is 0 Å². The quantitative estimate of drug-likeness (QED) is 0.0421. The molecule has 2 atom stereocenters. The molecule has 65 heavy (non-hydrogen) atoms. The first-order valence-corrected chi connectivity index (χ1v) is 29.0. The smallest absolute Gasteiger partial charge is 0.220 e. The van der Waals surface area contributed by atoms with Crippen LogP contribution in [0.1, 0.15) is 303 Å². The number of aliphatic hydroxyl groups excluding tert-OH is 2. The zero-order chi connectivity index (χ0) is 47.0. The van der Waals surface area contributed by atoms with Gasteiger partial charge in [0.25, 0.3) is 0 Å². The Morgan fingerprint density at radius 2 is 0.677 bits per heavy atom. The summed E-state index contributed by atoms with van der Waals surface area (Å²) in [5.74, 6) is -0.0329. The van der Waals surface area contributed by atoms with E-state index >= 15 is 0 Å². The average Bonchev–Trinajstić information content (AvgIpc) is 3.31. The third kappa shape index (κ3) is 52.9. The number of allylic oxidation sites excluding steroid dienone is 10. The molecule has 0 rings (SSSR count). The van der Waals surface area contributed by atoms with Crippen molar-refractivity contribution in [1.29, 1.82) is 0 Å². The fourth-order valence-corrected chi connectivity index (χ4v) is 8.92. The minimum absolute atomic E-state index is 0.0329. The molecule has 0 bridgehead atoms. The van der Waals surface area contributed by atoms with Gasteiger partial charge in [-0.3, -0.25) is 4.79 Å². The SMILES string of the molecule is CC/C=C\C/C=C\C/C=C\C/C=C\C/C=C\CCCCCCCCCCCCCC(=O)NC(CO)C(O)CCCCCCCCCCCCCCCCCCCCCCCCCCCC. The highest BCUT2D eigenvalue weighted by Crippen LogP contribution is 2.18. The predicted octanol–water partition coefficient (Wildman–Crippen LogP) is 19.2. The van der Waals surface area contributed by atoms with E-state index < -0.39 is 12.1 Å². The molecule has 0 fully saturated rings. The Kier molecular flexibility index (Phi) is 54.8. The van der Waals surface area contributed by atoms with E-state index in [1.807, 2.05) is 0 Å². The molecule has 380 valence electrons. The molecular formula is C61H113NO3. The van der Waals surface area contributed by atoms with E-state index in [0.717, 1.165) is 57.8 Å². The minimum atomic E-state index is -0.665. The lowest BCUT2D eigenvalue weighted by atomic mass is 10.0. The van der Waals surface area contributed by atoms with E-state index in [-0.39, 0.29) is 12.5 Å². The summed E-state index contributed by atoms with van der Waals surface area (Å²) in [5, 5.41) is 23.4. The first-order chi connectivity index (χ1) is 32.2. The molecule has 3 N–H and O–H groups in total. The number of unbranched alkanes of at least 4 members (excludes halogenated alkanes) is 36. The second kappa shape index (κ2) is 56.4. The van der Waals surface area contributed by atoms with Crippen molar-refractivity contribution in [3.8, 4) is 0 Å². The number of nitrogens with one attached hydrogen (secondary N) is 1. The highest BCUT2D eigenvalue weighted by Gasteiger charge is 2.20. The summed E-state index contributed by atoms with van der Waals surface area (Å²) < 4.78 is 0. The summed E-state index contributed by atoms with van der Waals surface area (Å²) >= 11 is 0. The Bertz CT molecular complexity index is 1070. The second-order valence-corrected chi connectivity index (χ2v) is 19.7. The van der Waals surface area contributed by atoms with Crippen LogP contribution in [0.2, 0.25) is 0 Å². The van der Waals surface area contributed by atoms with E-state index in [4.69, 9.17) is 0 Å². The molecule has 0 saturated carbocycles. The molecule has 2 unspecified atom stereocenters. The Labute approximate surface area is 406 Å². The average molecular weight is 909 g/mol. The normalized spacial score (nSPS) is 13.2. The van der Waals surface area contributed by atoms with Gasteiger partial charge in [-0.2, -0.15) is 0 Å². The van der Waals surface area contributed by atoms with Crippen molar-refractivity contribution >= 4 is 5.91 Å². The Hall–Kier alpha value is -1.91. The lowest BCUT2D eigenvalue weighted by Crippen LogP contribution is -2.45. The standard InChI is InChI=1S/C61H113NO3/c1-3-5-7-9-11-13-15-17-19-21-23-25-27-29-31-33-35-37-39-41-43-45-47-49-51-53-55-57-61(65)62-59(58-63)60(64)56-54-52-50-48-46-44-42-40-38-36-34-32-30-28-26-24-22-20-18-16-14-12-10-8-6-4-2/h5,7,11,13,17,19,23,25,29,31,59-60,63-64H,3-4,6,8-10,12,14-16,18,20-22,24,26-28,30,32-58H2,1-2H3,(H,62,65)/b7-5-,13-11-,19-17-,25-23-,31-29-. The molecule has 0 aliphatic rings. The fraction of sp³-hybridized carbons (Fsp3) is 0.820. The van der Waals surface area contributed by atoms with Crippen LogP contribution in [0.4, 0.5) is 0 Å². The van der Waals surface area contributed by atoms with E-state index in [1.165, 1.54) is 218 Å². The molecule has 0 aromatic rings. The number of rotatable bonds is 53. The molecule has 4 heteroatoms. The third-order valence-electron chi connectivity index (χ3n) is 13.3. The molecule has 0 radical (unpaired) electrons. The highest BCUT2D eigenvalue weighted by atomic mass is 16.3. The van der Waals surface area contributed by atoms with Crippen LogP contribution in [0.3, 0.4) is 0 Å². The van der Waals surface area contributed by atoms with E-state index in [9.17, 15) is 15.0 Å². The van der Waals surface area contributed by atoms with E-state index in [2.05, 4.69) is 79.9 Å². The zero-order valence-corrected chi connectivity index (χ0v) is 43.8. The lowest BCUT2D eigenvalue weighted by molar-refractivity contribution is -0.123. The van der Waals surface area contributed by atoms with Gasteiger partial charge in [-0.25, -0.2) is 0 Å². The van der Waals surface area contributed by atoms with Crippen molar-refractivity contribution in [2.75, 3.05) is 6.61 Å². The summed E-state index contributed by atoms with van der Waals surface area (Å²) in [6, 6.07) is -0.542. The number of carbonyl (C=O) groups excluding carboxylic acids is 1. The molecule has 4 nitrogen and oxygen atoms in total. The first-order valence-electron chi connectivity index (χ1n) is 29.0. The number of hydrogen-bond acceptors (Lipinski definition) is 3. The number of hydrogen-bond donors (Lipinski definition) is 3. The highest BCUT2D eigenvalue weighted by molar-refractivity contribution is 5.76. The Morgan fingerprint density at radius 1 is 0.385 bits per heavy atom. The van der Waals surface area contributed by atoms with Crippen LogP contribution in [-0.4, -0.2) is 34.9 Å². The first kappa shape index (κ1) is 63.1. The number of amides is 1. The summed E-state index contributed by atoms with van der Waals surface area (Å²) in [4.78, 5) is 12.5. The van der Waals surface area contributed by atoms with Gasteiger partial charge in [-0.05, 0) is 57.8 Å². The van der Waals surface area contributed by atoms with Crippen LogP contribution in [0, 0.1) is 0 Å². The molecule has 0 aliphatic heterocycles. The summed E-state index contributed by atoms with van der Waals surface area (Å²) in [5.41, 5.74) is 0. The minimum Gasteiger partial charge on any atom is -0.394 e. The lowest BCUT2D eigenvalue weighted by Gasteiger charge is -2.22. The van der Waals surface area contributed by atoms with Crippen molar-refractivity contribution < 1.29 is 15.0 Å². The predicted molar refractivity (Wildman–Crippen MR) is 290 cm³/mol. The fourth-order valence-electron chi connectivity index (χ4n) is 8.92. The summed E-state index contributed by atoms with van der Waals surface area (Å²) in [6.45, 7) is 4.27. The van der Waals surface area contributed by atoms with Gasteiger partial charge in [0.05, 0.1) is 18.8 Å². The van der Waals surface area contributed by atoms with Gasteiger partial charge in [0.2, 0.25) is 5.91 Å². The van der Waals surface area contributed by atoms with Crippen LogP contribution in [-0.2, 0) is 4.79 Å². The molecule has 0 heterocycles.